The summed E-state index contributed by atoms with van der Waals surface area (Å²) >= 11 is 0. The SMILES string of the molecule is COCCOOCC(C)(COC(=O)OCC(C)(COC(=O)OCC(C)(COC(=O)OCC(C)(COC(=O)OCC(C)(COC=O)C(=O)OCc1ccccc1)C(=O)OCc1ccccc1)C(=O)OCc1ccccc1)C(=O)OCc1ccccc1)C(=O)OCc1ccccc1. The fourth-order valence-corrected chi connectivity index (χ4v) is 7.76. The van der Waals surface area contributed by atoms with Gasteiger partial charge in [-0.25, -0.2) is 29.0 Å². The maximum absolute atomic E-state index is 14.0. The van der Waals surface area contributed by atoms with Crippen molar-refractivity contribution < 1.29 is 129 Å². The van der Waals surface area contributed by atoms with E-state index < -0.39 is 148 Å². The van der Waals surface area contributed by atoms with Crippen LogP contribution in [0.3, 0.4) is 0 Å². The Bertz CT molecular complexity index is 3230. The van der Waals surface area contributed by atoms with Crippen molar-refractivity contribution in [1.82, 2.24) is 0 Å². The molecule has 0 saturated carbocycles. The Hall–Kier alpha value is -10.1. The normalized spacial score (nSPS) is 14.0. The average molecular weight is 1330 g/mol. The lowest BCUT2D eigenvalue weighted by Crippen LogP contribution is -2.43. The van der Waals surface area contributed by atoms with Gasteiger partial charge < -0.3 is 71.1 Å². The van der Waals surface area contributed by atoms with E-state index in [9.17, 15) is 47.9 Å². The zero-order valence-corrected chi connectivity index (χ0v) is 53.6. The first-order valence-electron chi connectivity index (χ1n) is 29.6. The summed E-state index contributed by atoms with van der Waals surface area (Å²) in [6.45, 7) is -2.15. The van der Waals surface area contributed by atoms with Crippen LogP contribution in [0.2, 0.25) is 0 Å². The molecule has 27 heteroatoms. The van der Waals surface area contributed by atoms with Gasteiger partial charge in [0, 0.05) is 7.11 Å². The van der Waals surface area contributed by atoms with E-state index in [2.05, 4.69) is 0 Å². The maximum Gasteiger partial charge on any atom is 0.508 e. The van der Waals surface area contributed by atoms with Crippen molar-refractivity contribution in [3.8, 4) is 0 Å². The first-order valence-corrected chi connectivity index (χ1v) is 29.6. The average Bonchev–Trinajstić information content (AvgIpc) is 0.953. The number of hydrogen-bond acceptors (Lipinski definition) is 27. The molecule has 5 aromatic carbocycles. The van der Waals surface area contributed by atoms with E-state index >= 15 is 0 Å². The summed E-state index contributed by atoms with van der Waals surface area (Å²) in [6, 6.07) is 42.8. The minimum absolute atomic E-state index is 0.00242. The van der Waals surface area contributed by atoms with Crippen molar-refractivity contribution in [2.24, 2.45) is 27.1 Å². The maximum atomic E-state index is 14.0. The van der Waals surface area contributed by atoms with Gasteiger partial charge in [0.15, 0.2) is 0 Å². The number of hydrogen-bond donors (Lipinski definition) is 0. The fourth-order valence-electron chi connectivity index (χ4n) is 7.76. The third kappa shape index (κ3) is 26.4. The molecule has 0 aliphatic rings. The summed E-state index contributed by atoms with van der Waals surface area (Å²) in [5.41, 5.74) is -6.43. The second-order valence-electron chi connectivity index (χ2n) is 22.9. The van der Waals surface area contributed by atoms with Crippen LogP contribution in [0, 0.1) is 27.1 Å². The molecule has 0 N–H and O–H groups in total. The Balaban J connectivity index is 1.26. The Kier molecular flexibility index (Phi) is 30.9. The van der Waals surface area contributed by atoms with E-state index in [0.29, 0.717) is 27.8 Å². The molecule has 5 unspecified atom stereocenters. The zero-order valence-electron chi connectivity index (χ0n) is 53.6. The van der Waals surface area contributed by atoms with Crippen molar-refractivity contribution in [2.75, 3.05) is 86.4 Å². The van der Waals surface area contributed by atoms with Crippen molar-refractivity contribution >= 4 is 60.9 Å². The molecule has 0 bridgehead atoms. The summed E-state index contributed by atoms with van der Waals surface area (Å²) < 4.78 is 80.2. The molecule has 0 saturated heterocycles. The molecule has 27 nitrogen and oxygen atoms in total. The van der Waals surface area contributed by atoms with E-state index in [1.54, 1.807) is 152 Å². The second kappa shape index (κ2) is 38.8. The van der Waals surface area contributed by atoms with Crippen LogP contribution in [-0.2, 0) is 143 Å². The quantitative estimate of drug-likeness (QED) is 0.00880. The number of methoxy groups -OCH3 is 1. The first-order chi connectivity index (χ1) is 45.5. The third-order valence-corrected chi connectivity index (χ3v) is 13.9. The summed E-state index contributed by atoms with van der Waals surface area (Å²) in [5.74, 6) is -4.84. The van der Waals surface area contributed by atoms with Gasteiger partial charge in [-0.3, -0.25) is 28.8 Å². The molecule has 0 aliphatic carbocycles. The van der Waals surface area contributed by atoms with Gasteiger partial charge in [0.25, 0.3) is 6.47 Å². The highest BCUT2D eigenvalue weighted by molar-refractivity contribution is 5.80. The molecular weight excluding hydrogens is 1250 g/mol. The minimum Gasteiger partial charge on any atom is -0.467 e. The second-order valence-corrected chi connectivity index (χ2v) is 22.9. The molecule has 0 spiro atoms. The van der Waals surface area contributed by atoms with Gasteiger partial charge in [0.05, 0.1) is 6.61 Å². The number of benzene rings is 5. The van der Waals surface area contributed by atoms with Crippen molar-refractivity contribution in [2.45, 2.75) is 67.7 Å². The smallest absolute Gasteiger partial charge is 0.467 e. The molecule has 5 aromatic rings. The summed E-state index contributed by atoms with van der Waals surface area (Å²) in [4.78, 5) is 143. The fraction of sp³-hybridized carbons (Fsp3) is 0.412. The largest absolute Gasteiger partial charge is 0.508 e. The number of rotatable bonds is 40. The lowest BCUT2D eigenvalue weighted by atomic mass is 9.93. The highest BCUT2D eigenvalue weighted by Gasteiger charge is 2.45. The van der Waals surface area contributed by atoms with Crippen LogP contribution >= 0.6 is 0 Å². The van der Waals surface area contributed by atoms with Crippen molar-refractivity contribution in [3.63, 3.8) is 0 Å². The van der Waals surface area contributed by atoms with Crippen LogP contribution < -0.4 is 0 Å². The van der Waals surface area contributed by atoms with Crippen molar-refractivity contribution in [1.29, 1.82) is 0 Å². The Morgan fingerprint density at radius 1 is 0.284 bits per heavy atom. The highest BCUT2D eigenvalue weighted by Crippen LogP contribution is 2.29. The standard InChI is InChI=1S/C68H78O27/c1-64(39-80-49-69,55(70)81-34-50-22-12-7-13-23-50)40-86-60(75)87-41-65(2,56(71)82-35-51-24-14-8-15-25-51)42-88-61(76)89-43-66(3,57(72)83-36-52-26-16-9-17-27-52)44-90-62(77)91-45-67(4,58(73)84-37-53-28-18-10-19-29-53)46-92-63(78)93-47-68(5,48-95-94-33-32-79-6)59(74)85-38-54-30-20-11-21-31-54/h7-31,49H,32-48H2,1-6H3. The molecule has 0 radical (unpaired) electrons. The topological polar surface area (TPSA) is 328 Å². The number of ether oxygens (including phenoxy) is 15. The van der Waals surface area contributed by atoms with E-state index in [0.717, 1.165) is 0 Å². The van der Waals surface area contributed by atoms with E-state index in [1.165, 1.54) is 41.7 Å². The zero-order chi connectivity index (χ0) is 69.0. The Labute approximate surface area is 548 Å². The van der Waals surface area contributed by atoms with Crippen LogP contribution in [0.5, 0.6) is 0 Å². The van der Waals surface area contributed by atoms with Gasteiger partial charge in [-0.1, -0.05) is 152 Å². The molecule has 0 aliphatic heterocycles. The summed E-state index contributed by atoms with van der Waals surface area (Å²) in [7, 11) is 1.45. The number of esters is 5. The van der Waals surface area contributed by atoms with Crippen LogP contribution in [0.1, 0.15) is 62.4 Å². The molecule has 95 heavy (non-hydrogen) atoms. The Morgan fingerprint density at radius 2 is 0.495 bits per heavy atom. The third-order valence-electron chi connectivity index (χ3n) is 13.9. The number of carbonyl (C=O) groups excluding carboxylic acids is 10. The van der Waals surface area contributed by atoms with Gasteiger partial charge in [0.2, 0.25) is 0 Å². The van der Waals surface area contributed by atoms with Crippen LogP contribution in [0.15, 0.2) is 152 Å². The Morgan fingerprint density at radius 3 is 0.705 bits per heavy atom. The minimum atomic E-state index is -2.05. The van der Waals surface area contributed by atoms with Crippen LogP contribution in [0.25, 0.3) is 0 Å². The lowest BCUT2D eigenvalue weighted by molar-refractivity contribution is -0.313. The lowest BCUT2D eigenvalue weighted by Gasteiger charge is -2.29. The van der Waals surface area contributed by atoms with Crippen molar-refractivity contribution in [3.05, 3.63) is 179 Å². The molecule has 0 fully saturated rings. The molecule has 0 amide bonds. The van der Waals surface area contributed by atoms with Gasteiger partial charge in [0.1, 0.15) is 133 Å². The molecule has 0 aromatic heterocycles. The predicted molar refractivity (Wildman–Crippen MR) is 327 cm³/mol. The number of carbonyl (C=O) groups is 10. The monoisotopic (exact) mass is 1330 g/mol. The van der Waals surface area contributed by atoms with E-state index in [1.807, 2.05) is 0 Å². The molecular formula is C68H78O27. The van der Waals surface area contributed by atoms with Crippen LogP contribution in [0.4, 0.5) is 19.2 Å². The molecule has 512 valence electrons. The molecule has 5 rings (SSSR count). The molecule has 0 heterocycles. The predicted octanol–water partition coefficient (Wildman–Crippen LogP) is 9.12. The summed E-state index contributed by atoms with van der Waals surface area (Å²) in [6.07, 6.45) is -5.76. The van der Waals surface area contributed by atoms with Crippen LogP contribution in [-0.4, -0.2) is 147 Å². The van der Waals surface area contributed by atoms with Gasteiger partial charge >= 0.3 is 54.5 Å². The van der Waals surface area contributed by atoms with Gasteiger partial charge in [-0.2, -0.15) is 0 Å². The van der Waals surface area contributed by atoms with E-state index in [-0.39, 0.29) is 52.7 Å². The molecule has 5 atom stereocenters. The summed E-state index contributed by atoms with van der Waals surface area (Å²) in [5, 5.41) is 0. The highest BCUT2D eigenvalue weighted by atomic mass is 17.2. The van der Waals surface area contributed by atoms with Gasteiger partial charge in [-0.05, 0) is 62.4 Å². The van der Waals surface area contributed by atoms with E-state index in [4.69, 9.17) is 80.8 Å². The van der Waals surface area contributed by atoms with Gasteiger partial charge in [-0.15, -0.1) is 0 Å². The first kappa shape index (κ1) is 75.6.